The topological polar surface area (TPSA) is 97.1 Å². The molecule has 0 saturated carbocycles. The predicted molar refractivity (Wildman–Crippen MR) is 95.6 cm³/mol. The van der Waals surface area contributed by atoms with E-state index in [9.17, 15) is 14.7 Å². The second-order valence-corrected chi connectivity index (χ2v) is 5.60. The zero-order chi connectivity index (χ0) is 18.0. The lowest BCUT2D eigenvalue weighted by Gasteiger charge is -2.07. The van der Waals surface area contributed by atoms with E-state index in [0.717, 1.165) is 11.2 Å². The fourth-order valence-electron chi connectivity index (χ4n) is 2.33. The predicted octanol–water partition coefficient (Wildman–Crippen LogP) is 0.785. The van der Waals surface area contributed by atoms with Crippen molar-refractivity contribution in [3.05, 3.63) is 65.7 Å². The van der Waals surface area contributed by atoms with E-state index in [0.29, 0.717) is 11.3 Å². The van der Waals surface area contributed by atoms with E-state index in [1.807, 2.05) is 26.9 Å². The summed E-state index contributed by atoms with van der Waals surface area (Å²) < 4.78 is 1.24. The highest BCUT2D eigenvalue weighted by atomic mass is 16.4. The second kappa shape index (κ2) is 6.60. The SMILES string of the molecule is Bc1ccc(C(=O)Nc2cnn(-c3ccc(C)nc3)c2C(=O)O)cc1. The van der Waals surface area contributed by atoms with E-state index < -0.39 is 11.9 Å². The quantitative estimate of drug-likeness (QED) is 0.688. The van der Waals surface area contributed by atoms with Crippen molar-refractivity contribution in [2.75, 3.05) is 5.32 Å². The molecule has 0 aliphatic rings. The molecule has 7 nitrogen and oxygen atoms in total. The summed E-state index contributed by atoms with van der Waals surface area (Å²) in [5, 5.41) is 16.2. The first-order chi connectivity index (χ1) is 12.0. The molecule has 0 unspecified atom stereocenters. The maximum atomic E-state index is 12.3. The summed E-state index contributed by atoms with van der Waals surface area (Å²) >= 11 is 0. The molecule has 2 heterocycles. The largest absolute Gasteiger partial charge is 0.476 e. The Bertz CT molecular complexity index is 934. The van der Waals surface area contributed by atoms with Crippen LogP contribution in [0.2, 0.25) is 0 Å². The summed E-state index contributed by atoms with van der Waals surface area (Å²) in [6.07, 6.45) is 2.84. The van der Waals surface area contributed by atoms with Crippen LogP contribution < -0.4 is 10.8 Å². The fraction of sp³-hybridized carbons (Fsp3) is 0.0588. The summed E-state index contributed by atoms with van der Waals surface area (Å²) in [6, 6.07) is 10.5. The zero-order valence-electron chi connectivity index (χ0n) is 13.7. The van der Waals surface area contributed by atoms with Gasteiger partial charge in [0.15, 0.2) is 5.69 Å². The molecule has 2 N–H and O–H groups in total. The van der Waals surface area contributed by atoms with Crippen molar-refractivity contribution in [3.8, 4) is 5.69 Å². The molecule has 2 aromatic heterocycles. The van der Waals surface area contributed by atoms with Gasteiger partial charge in [0.25, 0.3) is 5.91 Å². The standard InChI is InChI=1S/C17H15BN4O3/c1-10-2-7-13(8-19-10)22-15(17(24)25)14(9-20-22)21-16(23)11-3-5-12(18)6-4-11/h2-9H,18H2,1H3,(H,21,23)(H,24,25). The Morgan fingerprint density at radius 1 is 1.12 bits per heavy atom. The lowest BCUT2D eigenvalue weighted by atomic mass is 9.95. The van der Waals surface area contributed by atoms with Crippen LogP contribution in [0.5, 0.6) is 0 Å². The number of carbonyl (C=O) groups is 2. The molecule has 1 aromatic carbocycles. The molecule has 8 heteroatoms. The zero-order valence-corrected chi connectivity index (χ0v) is 13.7. The number of pyridine rings is 1. The van der Waals surface area contributed by atoms with Crippen LogP contribution in [0, 0.1) is 6.92 Å². The molecule has 0 aliphatic heterocycles. The molecule has 25 heavy (non-hydrogen) atoms. The number of nitrogens with zero attached hydrogens (tertiary/aromatic N) is 3. The molecule has 3 rings (SSSR count). The minimum atomic E-state index is -1.20. The average Bonchev–Trinajstić information content (AvgIpc) is 3.00. The number of aryl methyl sites for hydroxylation is 1. The number of benzene rings is 1. The first-order valence-corrected chi connectivity index (χ1v) is 7.58. The molecule has 0 aliphatic carbocycles. The van der Waals surface area contributed by atoms with Crippen molar-refractivity contribution >= 4 is 30.9 Å². The third-order valence-electron chi connectivity index (χ3n) is 3.67. The summed E-state index contributed by atoms with van der Waals surface area (Å²) in [4.78, 5) is 28.2. The van der Waals surface area contributed by atoms with Crippen LogP contribution in [0.3, 0.4) is 0 Å². The first-order valence-electron chi connectivity index (χ1n) is 7.58. The smallest absolute Gasteiger partial charge is 0.356 e. The Kier molecular flexibility index (Phi) is 4.34. The van der Waals surface area contributed by atoms with E-state index in [4.69, 9.17) is 0 Å². The van der Waals surface area contributed by atoms with Gasteiger partial charge in [0, 0.05) is 11.3 Å². The molecule has 1 amide bonds. The van der Waals surface area contributed by atoms with Gasteiger partial charge in [0.2, 0.25) is 0 Å². The maximum absolute atomic E-state index is 12.3. The van der Waals surface area contributed by atoms with Gasteiger partial charge in [-0.2, -0.15) is 5.10 Å². The van der Waals surface area contributed by atoms with Crippen molar-refractivity contribution in [2.24, 2.45) is 0 Å². The van der Waals surface area contributed by atoms with Gasteiger partial charge in [-0.3, -0.25) is 9.78 Å². The number of rotatable bonds is 4. The fourth-order valence-corrected chi connectivity index (χ4v) is 2.33. The van der Waals surface area contributed by atoms with Crippen molar-refractivity contribution in [1.82, 2.24) is 14.8 Å². The lowest BCUT2D eigenvalue weighted by Crippen LogP contribution is -2.16. The van der Waals surface area contributed by atoms with Crippen molar-refractivity contribution in [1.29, 1.82) is 0 Å². The Labute approximate surface area is 144 Å². The van der Waals surface area contributed by atoms with Gasteiger partial charge < -0.3 is 10.4 Å². The lowest BCUT2D eigenvalue weighted by molar-refractivity contribution is 0.0688. The van der Waals surface area contributed by atoms with Crippen LogP contribution in [-0.2, 0) is 0 Å². The van der Waals surface area contributed by atoms with Gasteiger partial charge in [0.1, 0.15) is 7.85 Å². The number of aromatic carboxylic acids is 1. The molecule has 0 atom stereocenters. The molecule has 124 valence electrons. The highest BCUT2D eigenvalue weighted by molar-refractivity contribution is 6.32. The summed E-state index contributed by atoms with van der Waals surface area (Å²) in [5.74, 6) is -1.60. The summed E-state index contributed by atoms with van der Waals surface area (Å²) in [5.41, 5.74) is 2.76. The van der Waals surface area contributed by atoms with Crippen LogP contribution in [0.25, 0.3) is 5.69 Å². The third kappa shape index (κ3) is 3.42. The number of hydrogen-bond donors (Lipinski definition) is 2. The van der Waals surface area contributed by atoms with Gasteiger partial charge in [0.05, 0.1) is 23.8 Å². The molecular weight excluding hydrogens is 319 g/mol. The molecule has 0 radical (unpaired) electrons. The van der Waals surface area contributed by atoms with Gasteiger partial charge in [-0.15, -0.1) is 0 Å². The number of aromatic nitrogens is 3. The van der Waals surface area contributed by atoms with Crippen molar-refractivity contribution in [3.63, 3.8) is 0 Å². The Hall–Kier alpha value is -3.42. The summed E-state index contributed by atoms with van der Waals surface area (Å²) in [6.45, 7) is 1.83. The first kappa shape index (κ1) is 16.4. The van der Waals surface area contributed by atoms with Crippen molar-refractivity contribution in [2.45, 2.75) is 6.92 Å². The van der Waals surface area contributed by atoms with Gasteiger partial charge >= 0.3 is 5.97 Å². The number of hydrogen-bond acceptors (Lipinski definition) is 4. The monoisotopic (exact) mass is 334 g/mol. The van der Waals surface area contributed by atoms with E-state index in [1.165, 1.54) is 17.1 Å². The molecule has 0 spiro atoms. The minimum Gasteiger partial charge on any atom is -0.476 e. The molecule has 0 saturated heterocycles. The van der Waals surface area contributed by atoms with E-state index in [2.05, 4.69) is 15.4 Å². The van der Waals surface area contributed by atoms with Gasteiger partial charge in [-0.05, 0) is 19.1 Å². The van der Waals surface area contributed by atoms with Gasteiger partial charge in [-0.25, -0.2) is 9.48 Å². The number of carboxylic acid groups (broad SMARTS) is 1. The van der Waals surface area contributed by atoms with Crippen LogP contribution in [-0.4, -0.2) is 39.6 Å². The van der Waals surface area contributed by atoms with Gasteiger partial charge in [-0.1, -0.05) is 29.7 Å². The molecule has 0 fully saturated rings. The number of carbonyl (C=O) groups excluding carboxylic acids is 1. The minimum absolute atomic E-state index is 0.124. The second-order valence-electron chi connectivity index (χ2n) is 5.60. The average molecular weight is 334 g/mol. The summed E-state index contributed by atoms with van der Waals surface area (Å²) in [7, 11) is 1.92. The Morgan fingerprint density at radius 2 is 1.84 bits per heavy atom. The highest BCUT2D eigenvalue weighted by Gasteiger charge is 2.21. The van der Waals surface area contributed by atoms with Crippen LogP contribution in [0.1, 0.15) is 26.5 Å². The van der Waals surface area contributed by atoms with Crippen LogP contribution >= 0.6 is 0 Å². The van der Waals surface area contributed by atoms with Crippen LogP contribution in [0.4, 0.5) is 5.69 Å². The normalized spacial score (nSPS) is 10.4. The molecule has 3 aromatic rings. The van der Waals surface area contributed by atoms with E-state index in [1.54, 1.807) is 24.3 Å². The Balaban J connectivity index is 1.94. The third-order valence-corrected chi connectivity index (χ3v) is 3.67. The Morgan fingerprint density at radius 3 is 2.44 bits per heavy atom. The molecule has 0 bridgehead atoms. The number of amides is 1. The van der Waals surface area contributed by atoms with Crippen molar-refractivity contribution < 1.29 is 14.7 Å². The van der Waals surface area contributed by atoms with Crippen LogP contribution in [0.15, 0.2) is 48.8 Å². The number of anilines is 1. The maximum Gasteiger partial charge on any atom is 0.356 e. The van der Waals surface area contributed by atoms with E-state index in [-0.39, 0.29) is 11.4 Å². The van der Waals surface area contributed by atoms with E-state index >= 15 is 0 Å². The highest BCUT2D eigenvalue weighted by Crippen LogP contribution is 2.20. The number of nitrogens with one attached hydrogen (secondary N) is 1. The number of carboxylic acids is 1. The molecular formula is C17H15BN4O3.